The van der Waals surface area contributed by atoms with Gasteiger partial charge in [-0.1, -0.05) is 36.4 Å². The fourth-order valence-corrected chi connectivity index (χ4v) is 7.64. The Kier molecular flexibility index (Phi) is 5.30. The maximum absolute atomic E-state index is 14.2. The van der Waals surface area contributed by atoms with Crippen molar-refractivity contribution in [2.45, 2.75) is 57.3 Å². The standard InChI is InChI=1S/C27H32FNO5/c1-15-12-26-14-27(15,33)11-10-18(26)17-8-9-20(30)25(2,24(32)34-3)21(17)22(26)23(31)29-13-16-6-4-5-7-19(16)28/h4-8,18,20-22,30,33H,1,9-14H2,2-3H3,(H,29,31)/t18?,20?,21?,22?,25-,26?,27+/m1/s1. The summed E-state index contributed by atoms with van der Waals surface area (Å²) in [4.78, 5) is 27.0. The highest BCUT2D eigenvalue weighted by Gasteiger charge is 2.72. The van der Waals surface area contributed by atoms with E-state index in [4.69, 9.17) is 4.74 Å². The van der Waals surface area contributed by atoms with Crippen molar-refractivity contribution in [1.82, 2.24) is 5.32 Å². The number of amides is 1. The van der Waals surface area contributed by atoms with E-state index in [-0.39, 0.29) is 18.4 Å². The molecular formula is C27H32FNO5. The lowest BCUT2D eigenvalue weighted by Gasteiger charge is -2.44. The van der Waals surface area contributed by atoms with Crippen molar-refractivity contribution in [3.63, 3.8) is 0 Å². The number of allylic oxidation sites excluding steroid dienone is 1. The van der Waals surface area contributed by atoms with Crippen LogP contribution in [0.3, 0.4) is 0 Å². The van der Waals surface area contributed by atoms with Gasteiger partial charge in [0.15, 0.2) is 0 Å². The van der Waals surface area contributed by atoms with Gasteiger partial charge in [-0.15, -0.1) is 0 Å². The molecule has 34 heavy (non-hydrogen) atoms. The molecule has 3 fully saturated rings. The number of carbonyl (C=O) groups excluding carboxylic acids is 2. The first kappa shape index (κ1) is 23.2. The predicted molar refractivity (Wildman–Crippen MR) is 123 cm³/mol. The van der Waals surface area contributed by atoms with Crippen molar-refractivity contribution in [2.75, 3.05) is 7.11 Å². The van der Waals surface area contributed by atoms with Crippen LogP contribution in [0.2, 0.25) is 0 Å². The number of aliphatic hydroxyl groups excluding tert-OH is 1. The zero-order chi connectivity index (χ0) is 24.5. The first-order valence-corrected chi connectivity index (χ1v) is 12.0. The average molecular weight is 470 g/mol. The Morgan fingerprint density at radius 3 is 2.76 bits per heavy atom. The second-order valence-electron chi connectivity index (χ2n) is 10.8. The Balaban J connectivity index is 1.60. The molecule has 1 aromatic carbocycles. The number of halogens is 1. The monoisotopic (exact) mass is 469 g/mol. The number of fused-ring (bicyclic) bond motifs is 3. The fourth-order valence-electron chi connectivity index (χ4n) is 7.64. The average Bonchev–Trinajstić information content (AvgIpc) is 3.20. The largest absolute Gasteiger partial charge is 0.469 e. The highest BCUT2D eigenvalue weighted by atomic mass is 19.1. The van der Waals surface area contributed by atoms with E-state index in [1.807, 2.05) is 6.08 Å². The molecule has 0 aliphatic heterocycles. The minimum Gasteiger partial charge on any atom is -0.469 e. The number of ether oxygens (including phenoxy) is 1. The van der Waals surface area contributed by atoms with Crippen molar-refractivity contribution >= 4 is 11.9 Å². The van der Waals surface area contributed by atoms with Crippen LogP contribution < -0.4 is 5.32 Å². The summed E-state index contributed by atoms with van der Waals surface area (Å²) in [6.45, 7) is 5.84. The number of hydrogen-bond donors (Lipinski definition) is 3. The van der Waals surface area contributed by atoms with Gasteiger partial charge in [0.05, 0.1) is 30.1 Å². The summed E-state index contributed by atoms with van der Waals surface area (Å²) in [6, 6.07) is 6.28. The lowest BCUT2D eigenvalue weighted by molar-refractivity contribution is -0.167. The molecule has 1 amide bonds. The smallest absolute Gasteiger partial charge is 0.314 e. The van der Waals surface area contributed by atoms with Gasteiger partial charge in [0.25, 0.3) is 0 Å². The molecule has 1 spiro atoms. The molecule has 182 valence electrons. The molecule has 7 heteroatoms. The van der Waals surface area contributed by atoms with Crippen LogP contribution in [0.4, 0.5) is 4.39 Å². The molecule has 6 nitrogen and oxygen atoms in total. The molecule has 0 heterocycles. The van der Waals surface area contributed by atoms with Crippen LogP contribution in [0, 0.1) is 34.4 Å². The lowest BCUT2D eigenvalue weighted by atomic mass is 9.60. The van der Waals surface area contributed by atoms with Crippen LogP contribution in [0.5, 0.6) is 0 Å². The number of hydrogen-bond acceptors (Lipinski definition) is 5. The second kappa shape index (κ2) is 7.75. The van der Waals surface area contributed by atoms with Crippen molar-refractivity contribution in [2.24, 2.45) is 28.6 Å². The molecule has 7 atom stereocenters. The zero-order valence-corrected chi connectivity index (χ0v) is 19.6. The maximum Gasteiger partial charge on any atom is 0.314 e. The molecule has 4 aliphatic rings. The number of esters is 1. The summed E-state index contributed by atoms with van der Waals surface area (Å²) >= 11 is 0. The first-order valence-electron chi connectivity index (χ1n) is 12.0. The molecule has 5 rings (SSSR count). The van der Waals surface area contributed by atoms with E-state index in [9.17, 15) is 24.2 Å². The molecule has 3 saturated carbocycles. The summed E-state index contributed by atoms with van der Waals surface area (Å²) in [5.41, 5.74) is -0.863. The Labute approximate surface area is 198 Å². The highest BCUT2D eigenvalue weighted by Crippen LogP contribution is 2.73. The van der Waals surface area contributed by atoms with E-state index in [0.717, 1.165) is 11.1 Å². The molecule has 3 N–H and O–H groups in total. The minimum atomic E-state index is -1.31. The van der Waals surface area contributed by atoms with Gasteiger partial charge in [0.2, 0.25) is 5.91 Å². The summed E-state index contributed by atoms with van der Waals surface area (Å²) < 4.78 is 19.4. The number of benzene rings is 1. The van der Waals surface area contributed by atoms with Crippen molar-refractivity contribution < 1.29 is 28.9 Å². The van der Waals surface area contributed by atoms with Gasteiger partial charge in [-0.05, 0) is 62.0 Å². The van der Waals surface area contributed by atoms with E-state index in [2.05, 4.69) is 11.9 Å². The van der Waals surface area contributed by atoms with Crippen molar-refractivity contribution in [3.05, 3.63) is 59.4 Å². The summed E-state index contributed by atoms with van der Waals surface area (Å²) in [6.07, 6.45) is 3.40. The Morgan fingerprint density at radius 2 is 2.06 bits per heavy atom. The molecule has 5 unspecified atom stereocenters. The van der Waals surface area contributed by atoms with Crippen LogP contribution in [-0.4, -0.2) is 40.9 Å². The highest BCUT2D eigenvalue weighted by molar-refractivity contribution is 5.86. The molecule has 1 aromatic rings. The molecule has 2 bridgehead atoms. The molecule has 0 aromatic heterocycles. The van der Waals surface area contributed by atoms with E-state index in [0.29, 0.717) is 37.7 Å². The van der Waals surface area contributed by atoms with Crippen LogP contribution in [-0.2, 0) is 20.9 Å². The van der Waals surface area contributed by atoms with Crippen LogP contribution in [0.15, 0.2) is 48.1 Å². The third-order valence-electron chi connectivity index (χ3n) is 9.31. The van der Waals surface area contributed by atoms with Gasteiger partial charge in [-0.2, -0.15) is 0 Å². The Morgan fingerprint density at radius 1 is 1.32 bits per heavy atom. The third kappa shape index (κ3) is 2.99. The van der Waals surface area contributed by atoms with Gasteiger partial charge in [-0.25, -0.2) is 4.39 Å². The van der Waals surface area contributed by atoms with Crippen molar-refractivity contribution in [3.8, 4) is 0 Å². The normalized spacial score (nSPS) is 40.3. The minimum absolute atomic E-state index is 0.00211. The van der Waals surface area contributed by atoms with Crippen molar-refractivity contribution in [1.29, 1.82) is 0 Å². The summed E-state index contributed by atoms with van der Waals surface area (Å²) in [5.74, 6) is -2.53. The van der Waals surface area contributed by atoms with Crippen LogP contribution >= 0.6 is 0 Å². The second-order valence-corrected chi connectivity index (χ2v) is 10.8. The quantitative estimate of drug-likeness (QED) is 0.465. The van der Waals surface area contributed by atoms with E-state index in [1.165, 1.54) is 13.2 Å². The van der Waals surface area contributed by atoms with Gasteiger partial charge in [0.1, 0.15) is 5.82 Å². The predicted octanol–water partition coefficient (Wildman–Crippen LogP) is 3.04. The number of carbonyl (C=O) groups is 2. The summed E-state index contributed by atoms with van der Waals surface area (Å²) in [7, 11) is 1.29. The van der Waals surface area contributed by atoms with Crippen LogP contribution in [0.1, 0.15) is 44.6 Å². The fraction of sp³-hybridized carbons (Fsp3) is 0.556. The third-order valence-corrected chi connectivity index (χ3v) is 9.31. The maximum atomic E-state index is 14.2. The number of nitrogens with one attached hydrogen (secondary N) is 1. The number of methoxy groups -OCH3 is 1. The number of rotatable bonds is 4. The number of aliphatic hydroxyl groups is 2. The van der Waals surface area contributed by atoms with Gasteiger partial charge < -0.3 is 20.3 Å². The molecule has 0 radical (unpaired) electrons. The van der Waals surface area contributed by atoms with Gasteiger partial charge in [-0.3, -0.25) is 9.59 Å². The molecular weight excluding hydrogens is 437 g/mol. The molecule has 0 saturated heterocycles. The van der Waals surface area contributed by atoms with Crippen LogP contribution in [0.25, 0.3) is 0 Å². The van der Waals surface area contributed by atoms with E-state index in [1.54, 1.807) is 25.1 Å². The van der Waals surface area contributed by atoms with E-state index >= 15 is 0 Å². The topological polar surface area (TPSA) is 95.9 Å². The van der Waals surface area contributed by atoms with Gasteiger partial charge in [0, 0.05) is 18.0 Å². The van der Waals surface area contributed by atoms with E-state index < -0.39 is 46.2 Å². The Bertz CT molecular complexity index is 1100. The Hall–Kier alpha value is -2.51. The first-order chi connectivity index (χ1) is 16.1. The lowest BCUT2D eigenvalue weighted by Crippen LogP contribution is -2.54. The van der Waals surface area contributed by atoms with Gasteiger partial charge >= 0.3 is 5.97 Å². The SMILES string of the molecule is C=C1CC23C[C@@]1(O)CCC2C1=CCC(O)[C@@](C)(C(=O)OC)C1C3C(=O)NCc1ccccc1F. The molecule has 4 aliphatic carbocycles. The zero-order valence-electron chi connectivity index (χ0n) is 19.6. The summed E-state index contributed by atoms with van der Waals surface area (Å²) in [5, 5.41) is 25.2.